The fraction of sp³-hybridized carbons (Fsp3) is 0.308. The molecule has 1 aromatic carbocycles. The molecule has 21 heavy (non-hydrogen) atoms. The minimum absolute atomic E-state index is 0.0296. The van der Waals surface area contributed by atoms with Gasteiger partial charge in [-0.25, -0.2) is 18.2 Å². The molecule has 2 aromatic rings. The summed E-state index contributed by atoms with van der Waals surface area (Å²) in [6, 6.07) is 8.01. The zero-order valence-electron chi connectivity index (χ0n) is 11.5. The molecule has 0 aliphatic rings. The molecule has 0 bridgehead atoms. The molecular weight excluding hydrogens is 290 g/mol. The van der Waals surface area contributed by atoms with Crippen LogP contribution in [0.25, 0.3) is 5.69 Å². The summed E-state index contributed by atoms with van der Waals surface area (Å²) in [5.41, 5.74) is 1.66. The van der Waals surface area contributed by atoms with E-state index in [1.54, 1.807) is 16.8 Å². The molecule has 0 aliphatic heterocycles. The summed E-state index contributed by atoms with van der Waals surface area (Å²) in [7, 11) is -3.72. The maximum Gasteiger partial charge on any atom is 0.238 e. The van der Waals surface area contributed by atoms with Gasteiger partial charge in [0.15, 0.2) is 5.69 Å². The third-order valence-electron chi connectivity index (χ3n) is 3.05. The van der Waals surface area contributed by atoms with Gasteiger partial charge in [0, 0.05) is 0 Å². The molecule has 1 aromatic heterocycles. The third kappa shape index (κ3) is 3.26. The topological polar surface area (TPSA) is 115 Å². The Bertz CT molecular complexity index is 772. The van der Waals surface area contributed by atoms with E-state index >= 15 is 0 Å². The SMILES string of the molecule is CCCCc1c(C#N)nnn1-c1ccc(S(N)(=O)=O)cc1. The molecule has 7 nitrogen and oxygen atoms in total. The Morgan fingerprint density at radius 2 is 2.00 bits per heavy atom. The lowest BCUT2D eigenvalue weighted by molar-refractivity contribution is 0.597. The molecule has 2 N–H and O–H groups in total. The number of benzene rings is 1. The van der Waals surface area contributed by atoms with Crippen LogP contribution in [0.1, 0.15) is 31.2 Å². The fourth-order valence-corrected chi connectivity index (χ4v) is 2.46. The molecule has 110 valence electrons. The van der Waals surface area contributed by atoms with Crippen molar-refractivity contribution in [3.63, 3.8) is 0 Å². The molecule has 0 saturated carbocycles. The monoisotopic (exact) mass is 305 g/mol. The first-order chi connectivity index (χ1) is 9.97. The Balaban J connectivity index is 2.43. The van der Waals surface area contributed by atoms with E-state index in [1.807, 2.05) is 6.07 Å². The molecule has 0 atom stereocenters. The first-order valence-corrected chi connectivity index (χ1v) is 8.00. The minimum atomic E-state index is -3.72. The maximum absolute atomic E-state index is 11.2. The van der Waals surface area contributed by atoms with Gasteiger partial charge in [0.2, 0.25) is 10.0 Å². The van der Waals surface area contributed by atoms with E-state index in [-0.39, 0.29) is 4.90 Å². The van der Waals surface area contributed by atoms with E-state index in [9.17, 15) is 8.42 Å². The maximum atomic E-state index is 11.2. The number of nitrogens with zero attached hydrogens (tertiary/aromatic N) is 4. The van der Waals surface area contributed by atoms with Gasteiger partial charge in [-0.2, -0.15) is 5.26 Å². The van der Waals surface area contributed by atoms with Crippen LogP contribution >= 0.6 is 0 Å². The van der Waals surface area contributed by atoms with Crippen LogP contribution < -0.4 is 5.14 Å². The molecule has 0 aliphatic carbocycles. The number of hydrogen-bond donors (Lipinski definition) is 1. The Labute approximate surface area is 123 Å². The van der Waals surface area contributed by atoms with Gasteiger partial charge in [0.05, 0.1) is 16.3 Å². The Morgan fingerprint density at radius 3 is 2.52 bits per heavy atom. The third-order valence-corrected chi connectivity index (χ3v) is 3.98. The van der Waals surface area contributed by atoms with Gasteiger partial charge in [-0.1, -0.05) is 18.6 Å². The highest BCUT2D eigenvalue weighted by Gasteiger charge is 2.14. The number of nitrogens with two attached hydrogens (primary N) is 1. The number of primary sulfonamides is 1. The minimum Gasteiger partial charge on any atom is -0.225 e. The second-order valence-corrected chi connectivity index (χ2v) is 6.11. The molecule has 0 radical (unpaired) electrons. The van der Waals surface area contributed by atoms with E-state index in [1.165, 1.54) is 12.1 Å². The van der Waals surface area contributed by atoms with Crippen molar-refractivity contribution < 1.29 is 8.42 Å². The average Bonchev–Trinajstić information content (AvgIpc) is 2.87. The second-order valence-electron chi connectivity index (χ2n) is 4.55. The van der Waals surface area contributed by atoms with E-state index < -0.39 is 10.0 Å². The van der Waals surface area contributed by atoms with Crippen molar-refractivity contribution in [1.82, 2.24) is 15.0 Å². The Hall–Kier alpha value is -2.24. The van der Waals surface area contributed by atoms with E-state index in [4.69, 9.17) is 10.4 Å². The molecule has 0 spiro atoms. The predicted octanol–water partition coefficient (Wildman–Crippen LogP) is 1.13. The number of sulfonamides is 1. The van der Waals surface area contributed by atoms with Gasteiger partial charge in [-0.05, 0) is 37.1 Å². The summed E-state index contributed by atoms with van der Waals surface area (Å²) in [5.74, 6) is 0. The summed E-state index contributed by atoms with van der Waals surface area (Å²) in [5, 5.41) is 21.9. The van der Waals surface area contributed by atoms with E-state index in [2.05, 4.69) is 17.2 Å². The van der Waals surface area contributed by atoms with Crippen LogP contribution in [0, 0.1) is 11.3 Å². The summed E-state index contributed by atoms with van der Waals surface area (Å²) in [6.45, 7) is 2.06. The summed E-state index contributed by atoms with van der Waals surface area (Å²) >= 11 is 0. The van der Waals surface area contributed by atoms with Crippen LogP contribution in [0.5, 0.6) is 0 Å². The molecule has 8 heteroatoms. The Kier molecular flexibility index (Phi) is 4.35. The van der Waals surface area contributed by atoms with Gasteiger partial charge in [-0.15, -0.1) is 5.10 Å². The van der Waals surface area contributed by atoms with Crippen LogP contribution in [0.3, 0.4) is 0 Å². The standard InChI is InChI=1S/C13H15N5O2S/c1-2-3-4-13-12(9-14)16-17-18(13)10-5-7-11(8-6-10)21(15,19)20/h5-8H,2-4H2,1H3,(H2,15,19,20). The van der Waals surface area contributed by atoms with Crippen LogP contribution in [0.15, 0.2) is 29.2 Å². The summed E-state index contributed by atoms with van der Waals surface area (Å²) < 4.78 is 24.0. The number of hydrogen-bond acceptors (Lipinski definition) is 5. The smallest absolute Gasteiger partial charge is 0.225 e. The molecule has 0 saturated heterocycles. The predicted molar refractivity (Wildman–Crippen MR) is 76.1 cm³/mol. The fourth-order valence-electron chi connectivity index (χ4n) is 1.94. The van der Waals surface area contributed by atoms with Crippen molar-refractivity contribution in [3.8, 4) is 11.8 Å². The van der Waals surface area contributed by atoms with Crippen LogP contribution in [0.2, 0.25) is 0 Å². The van der Waals surface area contributed by atoms with Gasteiger partial charge in [0.25, 0.3) is 0 Å². The quantitative estimate of drug-likeness (QED) is 0.889. The zero-order chi connectivity index (χ0) is 15.5. The van der Waals surface area contributed by atoms with E-state index in [0.717, 1.165) is 18.5 Å². The highest BCUT2D eigenvalue weighted by Crippen LogP contribution is 2.17. The second kappa shape index (κ2) is 6.03. The van der Waals surface area contributed by atoms with Crippen LogP contribution in [-0.4, -0.2) is 23.4 Å². The van der Waals surface area contributed by atoms with Gasteiger partial charge >= 0.3 is 0 Å². The molecule has 1 heterocycles. The van der Waals surface area contributed by atoms with Crippen molar-refractivity contribution in [2.24, 2.45) is 5.14 Å². The molecule has 2 rings (SSSR count). The zero-order valence-corrected chi connectivity index (χ0v) is 12.3. The van der Waals surface area contributed by atoms with Crippen LogP contribution in [-0.2, 0) is 16.4 Å². The van der Waals surface area contributed by atoms with Crippen molar-refractivity contribution in [2.45, 2.75) is 31.1 Å². The highest BCUT2D eigenvalue weighted by atomic mass is 32.2. The summed E-state index contributed by atoms with van der Waals surface area (Å²) in [6.07, 6.45) is 2.58. The molecule has 0 unspecified atom stereocenters. The van der Waals surface area contributed by atoms with Gasteiger partial charge in [0.1, 0.15) is 6.07 Å². The average molecular weight is 305 g/mol. The number of unbranched alkanes of at least 4 members (excludes halogenated alkanes) is 1. The first-order valence-electron chi connectivity index (χ1n) is 6.45. The number of nitriles is 1. The largest absolute Gasteiger partial charge is 0.238 e. The molecule has 0 fully saturated rings. The van der Waals surface area contributed by atoms with E-state index in [0.29, 0.717) is 17.8 Å². The van der Waals surface area contributed by atoms with Gasteiger partial charge in [-0.3, -0.25) is 0 Å². The first kappa shape index (κ1) is 15.2. The van der Waals surface area contributed by atoms with Gasteiger partial charge < -0.3 is 0 Å². The van der Waals surface area contributed by atoms with Crippen molar-refractivity contribution >= 4 is 10.0 Å². The highest BCUT2D eigenvalue weighted by molar-refractivity contribution is 7.89. The summed E-state index contributed by atoms with van der Waals surface area (Å²) in [4.78, 5) is 0.0296. The lowest BCUT2D eigenvalue weighted by Crippen LogP contribution is -2.12. The molecule has 0 amide bonds. The lowest BCUT2D eigenvalue weighted by Gasteiger charge is -2.06. The van der Waals surface area contributed by atoms with Crippen molar-refractivity contribution in [1.29, 1.82) is 5.26 Å². The number of aromatic nitrogens is 3. The molecular formula is C13H15N5O2S. The Morgan fingerprint density at radius 1 is 1.33 bits per heavy atom. The lowest BCUT2D eigenvalue weighted by atomic mass is 10.1. The van der Waals surface area contributed by atoms with Crippen LogP contribution in [0.4, 0.5) is 0 Å². The normalized spacial score (nSPS) is 11.3. The van der Waals surface area contributed by atoms with Crippen molar-refractivity contribution in [3.05, 3.63) is 35.7 Å². The number of rotatable bonds is 5. The van der Waals surface area contributed by atoms with Crippen molar-refractivity contribution in [2.75, 3.05) is 0 Å².